The zero-order chi connectivity index (χ0) is 28.8. The van der Waals surface area contributed by atoms with Gasteiger partial charge < -0.3 is 38.5 Å². The molecule has 11 nitrogen and oxygen atoms in total. The second kappa shape index (κ2) is 12.9. The Kier molecular flexibility index (Phi) is 8.90. The van der Waals surface area contributed by atoms with Crippen LogP contribution >= 0.6 is 0 Å². The molecule has 6 unspecified atom stereocenters. The number of fused-ring (bicyclic) bond motifs is 1. The number of carboxylic acids is 1. The van der Waals surface area contributed by atoms with Crippen LogP contribution in [0, 0.1) is 0 Å². The lowest BCUT2D eigenvalue weighted by Gasteiger charge is -2.48. The standard InChI is InChI=1S/C30H29NO10/c1-18(32)31-26-28(37-17-25(34)35)27-24(16-38-29(41-27)23-8-5-15-36-23)40-30(26)39-21-12-9-19(10-13-21)11-14-22(33)20-6-3-2-4-7-20/h2-15,24,26-30H,16-17H2,1H3,(H,31,32)(H,34,35)/b14-11+. The minimum Gasteiger partial charge on any atom is -0.480 e. The number of carboxylic acid groups (broad SMARTS) is 1. The number of aliphatic carboxylic acids is 1. The number of rotatable bonds is 10. The van der Waals surface area contributed by atoms with Gasteiger partial charge in [0.2, 0.25) is 18.5 Å². The Morgan fingerprint density at radius 3 is 2.49 bits per heavy atom. The monoisotopic (exact) mass is 563 g/mol. The van der Waals surface area contributed by atoms with Gasteiger partial charge in [-0.3, -0.25) is 9.59 Å². The van der Waals surface area contributed by atoms with Crippen molar-refractivity contribution in [2.75, 3.05) is 13.2 Å². The molecule has 5 rings (SSSR count). The molecule has 2 N–H and O–H groups in total. The fourth-order valence-corrected chi connectivity index (χ4v) is 4.66. The number of nitrogens with one attached hydrogen (secondary N) is 1. The van der Waals surface area contributed by atoms with Crippen LogP contribution in [-0.2, 0) is 28.5 Å². The van der Waals surface area contributed by atoms with E-state index in [9.17, 15) is 19.5 Å². The maximum absolute atomic E-state index is 12.4. The molecule has 0 radical (unpaired) electrons. The van der Waals surface area contributed by atoms with E-state index in [0.717, 1.165) is 5.56 Å². The molecule has 2 aromatic carbocycles. The van der Waals surface area contributed by atoms with E-state index in [0.29, 0.717) is 17.1 Å². The molecule has 2 fully saturated rings. The van der Waals surface area contributed by atoms with Crippen molar-refractivity contribution in [3.63, 3.8) is 0 Å². The number of amides is 1. The Balaban J connectivity index is 1.32. The summed E-state index contributed by atoms with van der Waals surface area (Å²) in [5.41, 5.74) is 1.36. The summed E-state index contributed by atoms with van der Waals surface area (Å²) < 4.78 is 35.3. The first-order chi connectivity index (χ1) is 19.9. The second-order valence-corrected chi connectivity index (χ2v) is 9.47. The number of benzene rings is 2. The summed E-state index contributed by atoms with van der Waals surface area (Å²) in [6.07, 6.45) is 0.296. The van der Waals surface area contributed by atoms with Crippen molar-refractivity contribution in [2.24, 2.45) is 0 Å². The Bertz CT molecular complexity index is 1360. The molecule has 2 saturated heterocycles. The molecule has 1 aromatic heterocycles. The molecule has 6 atom stereocenters. The Labute approximate surface area is 235 Å². The van der Waals surface area contributed by atoms with E-state index in [2.05, 4.69) is 5.32 Å². The molecule has 0 bridgehead atoms. The Morgan fingerprint density at radius 1 is 1.02 bits per heavy atom. The molecular formula is C30H29NO10. The number of hydrogen-bond acceptors (Lipinski definition) is 9. The molecule has 0 aliphatic carbocycles. The van der Waals surface area contributed by atoms with Crippen molar-refractivity contribution < 1.29 is 47.6 Å². The topological polar surface area (TPSA) is 143 Å². The van der Waals surface area contributed by atoms with Crippen LogP contribution in [0.3, 0.4) is 0 Å². The van der Waals surface area contributed by atoms with Crippen LogP contribution in [0.15, 0.2) is 83.5 Å². The largest absolute Gasteiger partial charge is 0.480 e. The number of hydrogen-bond donors (Lipinski definition) is 2. The molecule has 214 valence electrons. The quantitative estimate of drug-likeness (QED) is 0.278. The molecule has 11 heteroatoms. The van der Waals surface area contributed by atoms with Crippen molar-refractivity contribution in [1.82, 2.24) is 5.32 Å². The highest BCUT2D eigenvalue weighted by Gasteiger charge is 2.52. The third-order valence-electron chi connectivity index (χ3n) is 6.50. The predicted octanol–water partition coefficient (Wildman–Crippen LogP) is 3.37. The Morgan fingerprint density at radius 2 is 1.80 bits per heavy atom. The van der Waals surface area contributed by atoms with Crippen LogP contribution in [0.5, 0.6) is 5.75 Å². The average Bonchev–Trinajstić information content (AvgIpc) is 3.51. The van der Waals surface area contributed by atoms with Crippen molar-refractivity contribution in [3.8, 4) is 5.75 Å². The van der Waals surface area contributed by atoms with Crippen LogP contribution in [0.25, 0.3) is 6.08 Å². The van der Waals surface area contributed by atoms with Gasteiger partial charge >= 0.3 is 5.97 Å². The summed E-state index contributed by atoms with van der Waals surface area (Å²) in [4.78, 5) is 35.9. The molecule has 2 aliphatic rings. The summed E-state index contributed by atoms with van der Waals surface area (Å²) in [5, 5.41) is 12.1. The van der Waals surface area contributed by atoms with Crippen molar-refractivity contribution in [3.05, 3.63) is 96.0 Å². The number of ketones is 1. The number of furan rings is 1. The maximum atomic E-state index is 12.4. The lowest BCUT2D eigenvalue weighted by atomic mass is 9.95. The van der Waals surface area contributed by atoms with Crippen molar-refractivity contribution in [2.45, 2.75) is 43.9 Å². The lowest BCUT2D eigenvalue weighted by Crippen LogP contribution is -2.68. The highest BCUT2D eigenvalue weighted by molar-refractivity contribution is 6.06. The fraction of sp³-hybridized carbons (Fsp3) is 0.300. The third-order valence-corrected chi connectivity index (χ3v) is 6.50. The van der Waals surface area contributed by atoms with Crippen LogP contribution in [0.4, 0.5) is 0 Å². The lowest BCUT2D eigenvalue weighted by molar-refractivity contribution is -0.340. The van der Waals surface area contributed by atoms with Gasteiger partial charge in [-0.15, -0.1) is 0 Å². The summed E-state index contributed by atoms with van der Waals surface area (Å²) in [5.74, 6) is -0.857. The minimum atomic E-state index is -1.18. The van der Waals surface area contributed by atoms with Gasteiger partial charge in [-0.2, -0.15) is 0 Å². The number of allylic oxidation sites excluding steroid dienone is 1. The van der Waals surface area contributed by atoms with E-state index < -0.39 is 55.4 Å². The van der Waals surface area contributed by atoms with Crippen molar-refractivity contribution >= 4 is 23.7 Å². The van der Waals surface area contributed by atoms with Crippen LogP contribution in [-0.4, -0.2) is 66.6 Å². The van der Waals surface area contributed by atoms with Crippen LogP contribution in [0.1, 0.15) is 34.9 Å². The number of carbonyl (C=O) groups excluding carboxylic acids is 2. The van der Waals surface area contributed by atoms with Crippen LogP contribution in [0.2, 0.25) is 0 Å². The third kappa shape index (κ3) is 7.08. The first-order valence-corrected chi connectivity index (χ1v) is 13.0. The van der Waals surface area contributed by atoms with E-state index in [-0.39, 0.29) is 12.4 Å². The predicted molar refractivity (Wildman–Crippen MR) is 143 cm³/mol. The Hall–Kier alpha value is -4.29. The first kappa shape index (κ1) is 28.2. The zero-order valence-electron chi connectivity index (χ0n) is 22.1. The fourth-order valence-electron chi connectivity index (χ4n) is 4.66. The SMILES string of the molecule is CC(=O)NC1C(Oc2ccc(/C=C/C(=O)c3ccccc3)cc2)OC2COC(c3ccco3)OC2C1OCC(=O)O. The van der Waals surface area contributed by atoms with E-state index >= 15 is 0 Å². The van der Waals surface area contributed by atoms with Crippen LogP contribution < -0.4 is 10.1 Å². The molecule has 41 heavy (non-hydrogen) atoms. The molecule has 3 heterocycles. The molecule has 2 aliphatic heterocycles. The number of carbonyl (C=O) groups is 3. The smallest absolute Gasteiger partial charge is 0.329 e. The van der Waals surface area contributed by atoms with Crippen molar-refractivity contribution in [1.29, 1.82) is 0 Å². The van der Waals surface area contributed by atoms with Gasteiger partial charge in [0.15, 0.2) is 11.5 Å². The second-order valence-electron chi connectivity index (χ2n) is 9.47. The molecule has 1 amide bonds. The highest BCUT2D eigenvalue weighted by atomic mass is 16.8. The van der Waals surface area contributed by atoms with Gasteiger partial charge in [-0.1, -0.05) is 48.5 Å². The maximum Gasteiger partial charge on any atom is 0.329 e. The van der Waals surface area contributed by atoms with Gasteiger partial charge in [0.25, 0.3) is 0 Å². The average molecular weight is 564 g/mol. The molecule has 0 saturated carbocycles. The molecule has 0 spiro atoms. The highest BCUT2D eigenvalue weighted by Crippen LogP contribution is 2.36. The normalized spacial score (nSPS) is 25.8. The minimum absolute atomic E-state index is 0.0782. The zero-order valence-corrected chi connectivity index (χ0v) is 22.1. The van der Waals surface area contributed by atoms with Gasteiger partial charge in [0.1, 0.15) is 36.7 Å². The first-order valence-electron chi connectivity index (χ1n) is 13.0. The molecular weight excluding hydrogens is 534 g/mol. The summed E-state index contributed by atoms with van der Waals surface area (Å²) in [6, 6.07) is 18.3. The van der Waals surface area contributed by atoms with E-state index in [1.807, 2.05) is 6.07 Å². The van der Waals surface area contributed by atoms with E-state index in [4.69, 9.17) is 28.1 Å². The van der Waals surface area contributed by atoms with Gasteiger partial charge in [0, 0.05) is 12.5 Å². The van der Waals surface area contributed by atoms with Gasteiger partial charge in [-0.05, 0) is 35.9 Å². The van der Waals surface area contributed by atoms with Gasteiger partial charge in [0.05, 0.1) is 12.9 Å². The summed E-state index contributed by atoms with van der Waals surface area (Å²) in [6.45, 7) is 0.773. The summed E-state index contributed by atoms with van der Waals surface area (Å²) in [7, 11) is 0. The number of ether oxygens (including phenoxy) is 5. The van der Waals surface area contributed by atoms with E-state index in [1.165, 1.54) is 19.3 Å². The molecule has 3 aromatic rings. The summed E-state index contributed by atoms with van der Waals surface area (Å²) >= 11 is 0. The van der Waals surface area contributed by atoms with E-state index in [1.54, 1.807) is 66.7 Å². The van der Waals surface area contributed by atoms with Gasteiger partial charge in [-0.25, -0.2) is 4.79 Å².